The number of carbonyl (C=O) groups is 1. The van der Waals surface area contributed by atoms with Crippen LogP contribution in [-0.4, -0.2) is 27.3 Å². The van der Waals surface area contributed by atoms with Gasteiger partial charge in [0.05, 0.1) is 22.3 Å². The van der Waals surface area contributed by atoms with E-state index in [0.29, 0.717) is 16.1 Å². The van der Waals surface area contributed by atoms with Crippen molar-refractivity contribution in [3.63, 3.8) is 0 Å². The van der Waals surface area contributed by atoms with E-state index < -0.39 is 0 Å². The Balaban J connectivity index is 2.02. The molecule has 140 valence electrons. The molecule has 0 aliphatic heterocycles. The standard InChI is InChI=1S/C21H23N3O2S/c1-4-15(3)22-19(25)13-27-21-23-18-8-6-5-7-17(18)20(26)24(21)16-11-9-14(2)10-12-16/h5-12,15H,4,13H2,1-3H3,(H,22,25)/t15-/m0/s1. The lowest BCUT2D eigenvalue weighted by molar-refractivity contribution is -0.119. The molecule has 0 fully saturated rings. The number of amides is 1. The summed E-state index contributed by atoms with van der Waals surface area (Å²) in [5.41, 5.74) is 2.36. The molecule has 1 heterocycles. The van der Waals surface area contributed by atoms with Gasteiger partial charge in [-0.1, -0.05) is 48.5 Å². The summed E-state index contributed by atoms with van der Waals surface area (Å²) in [4.78, 5) is 29.9. The van der Waals surface area contributed by atoms with Crippen molar-refractivity contribution < 1.29 is 4.79 Å². The zero-order valence-electron chi connectivity index (χ0n) is 15.7. The Morgan fingerprint density at radius 2 is 1.89 bits per heavy atom. The van der Waals surface area contributed by atoms with Crippen LogP contribution in [-0.2, 0) is 4.79 Å². The topological polar surface area (TPSA) is 64.0 Å². The Hall–Kier alpha value is -2.60. The second kappa shape index (κ2) is 8.39. The van der Waals surface area contributed by atoms with Gasteiger partial charge in [0.15, 0.2) is 5.16 Å². The van der Waals surface area contributed by atoms with Crippen molar-refractivity contribution in [2.45, 2.75) is 38.4 Å². The molecule has 5 nitrogen and oxygen atoms in total. The SMILES string of the molecule is CC[C@H](C)NC(=O)CSc1nc2ccccc2c(=O)n1-c1ccc(C)cc1. The van der Waals surface area contributed by atoms with Crippen LogP contribution < -0.4 is 10.9 Å². The molecule has 0 radical (unpaired) electrons. The number of nitrogens with zero attached hydrogens (tertiary/aromatic N) is 2. The van der Waals surface area contributed by atoms with Crippen LogP contribution in [0.15, 0.2) is 58.5 Å². The van der Waals surface area contributed by atoms with Gasteiger partial charge in [-0.05, 0) is 44.5 Å². The smallest absolute Gasteiger partial charge is 0.266 e. The molecule has 3 aromatic rings. The summed E-state index contributed by atoms with van der Waals surface area (Å²) < 4.78 is 1.59. The van der Waals surface area contributed by atoms with Crippen molar-refractivity contribution >= 4 is 28.6 Å². The van der Waals surface area contributed by atoms with Gasteiger partial charge in [0.2, 0.25) is 5.91 Å². The molecule has 1 atom stereocenters. The maximum atomic E-state index is 13.1. The van der Waals surface area contributed by atoms with Crippen LogP contribution in [0.5, 0.6) is 0 Å². The third-order valence-electron chi connectivity index (χ3n) is 4.39. The van der Waals surface area contributed by atoms with E-state index in [1.54, 1.807) is 10.6 Å². The lowest BCUT2D eigenvalue weighted by atomic mass is 10.2. The zero-order chi connectivity index (χ0) is 19.4. The molecule has 0 aliphatic carbocycles. The van der Waals surface area contributed by atoms with E-state index in [4.69, 9.17) is 0 Å². The van der Waals surface area contributed by atoms with Gasteiger partial charge in [0.25, 0.3) is 5.56 Å². The largest absolute Gasteiger partial charge is 0.353 e. The van der Waals surface area contributed by atoms with Gasteiger partial charge >= 0.3 is 0 Å². The predicted molar refractivity (Wildman–Crippen MR) is 111 cm³/mol. The first-order valence-electron chi connectivity index (χ1n) is 9.00. The number of nitrogens with one attached hydrogen (secondary N) is 1. The summed E-state index contributed by atoms with van der Waals surface area (Å²) in [6.45, 7) is 6.00. The van der Waals surface area contributed by atoms with Crippen LogP contribution in [0.4, 0.5) is 0 Å². The molecule has 1 N–H and O–H groups in total. The van der Waals surface area contributed by atoms with Gasteiger partial charge in [-0.3, -0.25) is 14.2 Å². The molecule has 0 saturated heterocycles. The number of fused-ring (bicyclic) bond motifs is 1. The number of para-hydroxylation sites is 1. The Labute approximate surface area is 162 Å². The summed E-state index contributed by atoms with van der Waals surface area (Å²) in [5.74, 6) is 0.147. The molecule has 0 unspecified atom stereocenters. The fraction of sp³-hybridized carbons (Fsp3) is 0.286. The van der Waals surface area contributed by atoms with E-state index in [1.165, 1.54) is 11.8 Å². The summed E-state index contributed by atoms with van der Waals surface area (Å²) in [6, 6.07) is 15.1. The first-order valence-corrected chi connectivity index (χ1v) is 9.99. The van der Waals surface area contributed by atoms with E-state index in [-0.39, 0.29) is 23.3 Å². The Morgan fingerprint density at radius 3 is 2.59 bits per heavy atom. The minimum Gasteiger partial charge on any atom is -0.353 e. The van der Waals surface area contributed by atoms with Crippen molar-refractivity contribution in [2.75, 3.05) is 5.75 Å². The average Bonchev–Trinajstić information content (AvgIpc) is 2.67. The van der Waals surface area contributed by atoms with Gasteiger partial charge < -0.3 is 5.32 Å². The van der Waals surface area contributed by atoms with E-state index in [0.717, 1.165) is 17.7 Å². The Kier molecular flexibility index (Phi) is 5.96. The molecule has 0 spiro atoms. The van der Waals surface area contributed by atoms with Crippen molar-refractivity contribution in [1.29, 1.82) is 0 Å². The zero-order valence-corrected chi connectivity index (χ0v) is 16.5. The number of rotatable bonds is 6. The fourth-order valence-electron chi connectivity index (χ4n) is 2.68. The summed E-state index contributed by atoms with van der Waals surface area (Å²) in [6.07, 6.45) is 0.874. The van der Waals surface area contributed by atoms with Crippen LogP contribution in [0.3, 0.4) is 0 Å². The van der Waals surface area contributed by atoms with Gasteiger partial charge in [-0.25, -0.2) is 4.98 Å². The second-order valence-corrected chi connectivity index (χ2v) is 7.50. The fourth-order valence-corrected chi connectivity index (χ4v) is 3.50. The van der Waals surface area contributed by atoms with Crippen LogP contribution in [0.25, 0.3) is 16.6 Å². The molecule has 1 amide bonds. The minimum atomic E-state index is -0.130. The Bertz CT molecular complexity index is 1010. The van der Waals surface area contributed by atoms with E-state index in [1.807, 2.05) is 63.2 Å². The number of thioether (sulfide) groups is 1. The maximum Gasteiger partial charge on any atom is 0.266 e. The van der Waals surface area contributed by atoms with Crippen molar-refractivity contribution in [3.8, 4) is 5.69 Å². The number of aryl methyl sites for hydroxylation is 1. The third-order valence-corrected chi connectivity index (χ3v) is 5.33. The molecule has 0 aliphatic rings. The Morgan fingerprint density at radius 1 is 1.19 bits per heavy atom. The van der Waals surface area contributed by atoms with Gasteiger partial charge in [-0.2, -0.15) is 0 Å². The molecule has 6 heteroatoms. The van der Waals surface area contributed by atoms with Gasteiger partial charge in [0.1, 0.15) is 0 Å². The van der Waals surface area contributed by atoms with Crippen molar-refractivity contribution in [3.05, 3.63) is 64.4 Å². The summed E-state index contributed by atoms with van der Waals surface area (Å²) in [5, 5.41) is 4.02. The lowest BCUT2D eigenvalue weighted by Gasteiger charge is -2.14. The monoisotopic (exact) mass is 381 g/mol. The highest BCUT2D eigenvalue weighted by Crippen LogP contribution is 2.21. The van der Waals surface area contributed by atoms with Crippen LogP contribution in [0.1, 0.15) is 25.8 Å². The molecule has 3 rings (SSSR count). The van der Waals surface area contributed by atoms with Gasteiger partial charge in [0, 0.05) is 6.04 Å². The van der Waals surface area contributed by atoms with E-state index >= 15 is 0 Å². The van der Waals surface area contributed by atoms with Gasteiger partial charge in [-0.15, -0.1) is 0 Å². The molecule has 1 aromatic heterocycles. The molecule has 27 heavy (non-hydrogen) atoms. The molecule has 0 bridgehead atoms. The highest BCUT2D eigenvalue weighted by molar-refractivity contribution is 7.99. The molecular formula is C21H23N3O2S. The van der Waals surface area contributed by atoms with Crippen LogP contribution in [0, 0.1) is 6.92 Å². The summed E-state index contributed by atoms with van der Waals surface area (Å²) >= 11 is 1.28. The number of hydrogen-bond acceptors (Lipinski definition) is 4. The number of hydrogen-bond donors (Lipinski definition) is 1. The molecule has 2 aromatic carbocycles. The molecular weight excluding hydrogens is 358 g/mol. The predicted octanol–water partition coefficient (Wildman–Crippen LogP) is 3.70. The summed E-state index contributed by atoms with van der Waals surface area (Å²) in [7, 11) is 0. The number of carbonyl (C=O) groups excluding carboxylic acids is 1. The maximum absolute atomic E-state index is 13.1. The van der Waals surface area contributed by atoms with Crippen LogP contribution >= 0.6 is 11.8 Å². The number of aromatic nitrogens is 2. The first-order chi connectivity index (χ1) is 13.0. The highest BCUT2D eigenvalue weighted by atomic mass is 32.2. The number of benzene rings is 2. The lowest BCUT2D eigenvalue weighted by Crippen LogP contribution is -2.33. The second-order valence-electron chi connectivity index (χ2n) is 6.55. The molecule has 0 saturated carbocycles. The van der Waals surface area contributed by atoms with Crippen LogP contribution in [0.2, 0.25) is 0 Å². The third kappa shape index (κ3) is 4.39. The average molecular weight is 382 g/mol. The van der Waals surface area contributed by atoms with E-state index in [2.05, 4.69) is 10.3 Å². The van der Waals surface area contributed by atoms with Crippen molar-refractivity contribution in [2.24, 2.45) is 0 Å². The van der Waals surface area contributed by atoms with Crippen molar-refractivity contribution in [1.82, 2.24) is 14.9 Å². The van der Waals surface area contributed by atoms with E-state index in [9.17, 15) is 9.59 Å². The normalized spacial score (nSPS) is 12.1. The quantitative estimate of drug-likeness (QED) is 0.522. The minimum absolute atomic E-state index is 0.0628. The highest BCUT2D eigenvalue weighted by Gasteiger charge is 2.15. The first kappa shape index (κ1) is 19.2.